The number of carbonyl (C=O) groups is 2. The number of likely N-dealkylation sites (tertiary alicyclic amines) is 1. The van der Waals surface area contributed by atoms with Crippen LogP contribution in [-0.2, 0) is 16.1 Å². The van der Waals surface area contributed by atoms with Gasteiger partial charge in [0, 0.05) is 37.7 Å². The predicted molar refractivity (Wildman–Crippen MR) is 117 cm³/mol. The maximum atomic E-state index is 14.9. The van der Waals surface area contributed by atoms with E-state index in [1.807, 2.05) is 24.3 Å². The Bertz CT molecular complexity index is 963. The third-order valence-electron chi connectivity index (χ3n) is 5.94. The normalized spacial score (nSPS) is 21.5. The van der Waals surface area contributed by atoms with Gasteiger partial charge in [-0.1, -0.05) is 24.3 Å². The standard InChI is InChI=1S/C24H28FN3O3/c1-16(29)2-8-21-15-28(24(30)31-21)20-7-9-22(23(25)12-20)18-5-3-17(4-6-18)13-27-11-10-19(26)14-27/h3-7,9,12,19,21H,2,8,10-11,13-15,26H2,1H3/t19-,21+/m1/s1. The Morgan fingerprint density at radius 1 is 1.19 bits per heavy atom. The molecule has 6 nitrogen and oxygen atoms in total. The van der Waals surface area contributed by atoms with Crippen molar-refractivity contribution in [3.05, 3.63) is 53.8 Å². The number of hydrogen-bond acceptors (Lipinski definition) is 5. The van der Waals surface area contributed by atoms with Crippen LogP contribution in [0.1, 0.15) is 31.7 Å². The third kappa shape index (κ3) is 5.11. The van der Waals surface area contributed by atoms with Crippen molar-refractivity contribution in [1.29, 1.82) is 0 Å². The van der Waals surface area contributed by atoms with Gasteiger partial charge in [-0.3, -0.25) is 9.80 Å². The van der Waals surface area contributed by atoms with Crippen LogP contribution < -0.4 is 10.6 Å². The number of benzene rings is 2. The van der Waals surface area contributed by atoms with Crippen molar-refractivity contribution < 1.29 is 18.7 Å². The summed E-state index contributed by atoms with van der Waals surface area (Å²) in [5.74, 6) is -0.337. The van der Waals surface area contributed by atoms with Crippen molar-refractivity contribution >= 4 is 17.6 Å². The molecule has 2 atom stereocenters. The summed E-state index contributed by atoms with van der Waals surface area (Å²) in [6.07, 6.45) is 1.01. The average Bonchev–Trinajstić information content (AvgIpc) is 3.32. The molecular formula is C24H28FN3O3. The van der Waals surface area contributed by atoms with Crippen molar-refractivity contribution in [3.8, 4) is 11.1 Å². The molecule has 2 heterocycles. The van der Waals surface area contributed by atoms with E-state index in [4.69, 9.17) is 10.5 Å². The fourth-order valence-electron chi connectivity index (χ4n) is 4.21. The van der Waals surface area contributed by atoms with Crippen molar-refractivity contribution in [3.63, 3.8) is 0 Å². The number of cyclic esters (lactones) is 1. The second-order valence-corrected chi connectivity index (χ2v) is 8.50. The average molecular weight is 426 g/mol. The number of nitrogens with two attached hydrogens (primary N) is 1. The molecule has 31 heavy (non-hydrogen) atoms. The highest BCUT2D eigenvalue weighted by Gasteiger charge is 2.32. The number of amides is 1. The van der Waals surface area contributed by atoms with Gasteiger partial charge < -0.3 is 15.3 Å². The van der Waals surface area contributed by atoms with Gasteiger partial charge in [0.25, 0.3) is 0 Å². The molecule has 4 rings (SSSR count). The van der Waals surface area contributed by atoms with Crippen LogP contribution in [0.5, 0.6) is 0 Å². The Hall–Kier alpha value is -2.77. The van der Waals surface area contributed by atoms with Crippen LogP contribution in [0.4, 0.5) is 14.9 Å². The van der Waals surface area contributed by atoms with Gasteiger partial charge in [0.2, 0.25) is 0 Å². The highest BCUT2D eigenvalue weighted by molar-refractivity contribution is 5.90. The molecule has 0 saturated carbocycles. The molecule has 2 aromatic carbocycles. The SMILES string of the molecule is CC(=O)CC[C@H]1CN(c2ccc(-c3ccc(CN4CC[C@@H](N)C4)cc3)c(F)c2)C(=O)O1. The molecule has 0 radical (unpaired) electrons. The molecule has 2 aliphatic rings. The zero-order chi connectivity index (χ0) is 22.0. The lowest BCUT2D eigenvalue weighted by atomic mass is 10.0. The minimum atomic E-state index is -0.508. The van der Waals surface area contributed by atoms with Gasteiger partial charge in [0.15, 0.2) is 0 Å². The largest absolute Gasteiger partial charge is 0.444 e. The van der Waals surface area contributed by atoms with Gasteiger partial charge in [0.05, 0.1) is 12.2 Å². The van der Waals surface area contributed by atoms with E-state index >= 15 is 0 Å². The molecule has 0 spiro atoms. The number of ether oxygens (including phenoxy) is 1. The lowest BCUT2D eigenvalue weighted by Crippen LogP contribution is -2.26. The molecule has 0 aromatic heterocycles. The van der Waals surface area contributed by atoms with Crippen LogP contribution in [0.2, 0.25) is 0 Å². The van der Waals surface area contributed by atoms with Crippen molar-refractivity contribution in [2.75, 3.05) is 24.5 Å². The second-order valence-electron chi connectivity index (χ2n) is 8.50. The number of halogens is 1. The van der Waals surface area contributed by atoms with E-state index in [9.17, 15) is 14.0 Å². The molecule has 1 amide bonds. The van der Waals surface area contributed by atoms with E-state index in [1.165, 1.54) is 23.5 Å². The van der Waals surface area contributed by atoms with E-state index < -0.39 is 11.9 Å². The summed E-state index contributed by atoms with van der Waals surface area (Å²) in [6, 6.07) is 12.9. The van der Waals surface area contributed by atoms with Gasteiger partial charge in [0.1, 0.15) is 17.7 Å². The molecule has 0 bridgehead atoms. The predicted octanol–water partition coefficient (Wildman–Crippen LogP) is 3.72. The highest BCUT2D eigenvalue weighted by Crippen LogP contribution is 2.30. The summed E-state index contributed by atoms with van der Waals surface area (Å²) in [7, 11) is 0. The maximum Gasteiger partial charge on any atom is 0.414 e. The van der Waals surface area contributed by atoms with E-state index in [0.29, 0.717) is 30.6 Å². The van der Waals surface area contributed by atoms with Gasteiger partial charge >= 0.3 is 6.09 Å². The number of nitrogens with zero attached hydrogens (tertiary/aromatic N) is 2. The first-order valence-electron chi connectivity index (χ1n) is 10.7. The minimum absolute atomic E-state index is 0.0555. The summed E-state index contributed by atoms with van der Waals surface area (Å²) in [5.41, 5.74) is 8.87. The Morgan fingerprint density at radius 3 is 2.61 bits per heavy atom. The van der Waals surface area contributed by atoms with Crippen LogP contribution in [0.15, 0.2) is 42.5 Å². The van der Waals surface area contributed by atoms with E-state index in [2.05, 4.69) is 4.90 Å². The monoisotopic (exact) mass is 425 g/mol. The van der Waals surface area contributed by atoms with Gasteiger partial charge in [-0.25, -0.2) is 9.18 Å². The van der Waals surface area contributed by atoms with Gasteiger partial charge in [-0.2, -0.15) is 0 Å². The Kier molecular flexibility index (Phi) is 6.34. The second kappa shape index (κ2) is 9.16. The number of anilines is 1. The molecule has 164 valence electrons. The molecule has 2 aliphatic heterocycles. The summed E-state index contributed by atoms with van der Waals surface area (Å²) >= 11 is 0. The van der Waals surface area contributed by atoms with E-state index in [-0.39, 0.29) is 17.9 Å². The third-order valence-corrected chi connectivity index (χ3v) is 5.94. The summed E-state index contributed by atoms with van der Waals surface area (Å²) in [5, 5.41) is 0. The number of Topliss-reactive ketones (excluding diaryl/α,β-unsaturated/α-hetero) is 1. The fraction of sp³-hybridized carbons (Fsp3) is 0.417. The molecule has 0 unspecified atom stereocenters. The topological polar surface area (TPSA) is 75.9 Å². The molecular weight excluding hydrogens is 397 g/mol. The van der Waals surface area contributed by atoms with E-state index in [1.54, 1.807) is 12.1 Å². The number of ketones is 1. The van der Waals surface area contributed by atoms with Crippen LogP contribution in [0.3, 0.4) is 0 Å². The quantitative estimate of drug-likeness (QED) is 0.732. The molecule has 0 aliphatic carbocycles. The van der Waals surface area contributed by atoms with Crippen LogP contribution in [0.25, 0.3) is 11.1 Å². The fourth-order valence-corrected chi connectivity index (χ4v) is 4.21. The first-order valence-corrected chi connectivity index (χ1v) is 10.7. The van der Waals surface area contributed by atoms with Crippen molar-refractivity contribution in [1.82, 2.24) is 4.90 Å². The van der Waals surface area contributed by atoms with Gasteiger partial charge in [-0.05, 0) is 49.1 Å². The maximum absolute atomic E-state index is 14.9. The first kappa shape index (κ1) is 21.5. The summed E-state index contributed by atoms with van der Waals surface area (Å²) < 4.78 is 20.2. The number of carbonyl (C=O) groups excluding carboxylic acids is 2. The van der Waals surface area contributed by atoms with Crippen LogP contribution in [0, 0.1) is 5.82 Å². The zero-order valence-corrected chi connectivity index (χ0v) is 17.7. The smallest absolute Gasteiger partial charge is 0.414 e. The Labute approximate surface area is 181 Å². The zero-order valence-electron chi connectivity index (χ0n) is 17.7. The molecule has 2 aromatic rings. The number of hydrogen-bond donors (Lipinski definition) is 1. The van der Waals surface area contributed by atoms with Crippen LogP contribution in [-0.4, -0.2) is 48.6 Å². The molecule has 7 heteroatoms. The Balaban J connectivity index is 1.43. The lowest BCUT2D eigenvalue weighted by molar-refractivity contribution is -0.117. The number of rotatable bonds is 7. The minimum Gasteiger partial charge on any atom is -0.444 e. The molecule has 2 saturated heterocycles. The molecule has 2 fully saturated rings. The first-order chi connectivity index (χ1) is 14.9. The highest BCUT2D eigenvalue weighted by atomic mass is 19.1. The molecule has 2 N–H and O–H groups in total. The Morgan fingerprint density at radius 2 is 1.97 bits per heavy atom. The summed E-state index contributed by atoms with van der Waals surface area (Å²) in [6.45, 7) is 4.59. The summed E-state index contributed by atoms with van der Waals surface area (Å²) in [4.78, 5) is 27.1. The van der Waals surface area contributed by atoms with Gasteiger partial charge in [-0.15, -0.1) is 0 Å². The van der Waals surface area contributed by atoms with E-state index in [0.717, 1.165) is 31.6 Å². The van der Waals surface area contributed by atoms with Crippen molar-refractivity contribution in [2.24, 2.45) is 5.73 Å². The van der Waals surface area contributed by atoms with Crippen molar-refractivity contribution in [2.45, 2.75) is 44.9 Å². The lowest BCUT2D eigenvalue weighted by Gasteiger charge is -2.16. The van der Waals surface area contributed by atoms with Crippen LogP contribution >= 0.6 is 0 Å².